The molecule has 0 aliphatic heterocycles. The van der Waals surface area contributed by atoms with Crippen LogP contribution in [0.25, 0.3) is 11.1 Å². The van der Waals surface area contributed by atoms with Gasteiger partial charge in [0, 0.05) is 5.56 Å². The number of nitrogens with zero attached hydrogens (tertiary/aromatic N) is 2. The molecule has 0 aliphatic rings. The molecular formula is C33H32N2O. The lowest BCUT2D eigenvalue weighted by molar-refractivity contribution is 0.0662. The summed E-state index contributed by atoms with van der Waals surface area (Å²) in [5.41, 5.74) is 8.59. The van der Waals surface area contributed by atoms with Crippen LogP contribution < -0.4 is 0 Å². The van der Waals surface area contributed by atoms with Crippen LogP contribution in [0.15, 0.2) is 96.6 Å². The lowest BCUT2D eigenvalue weighted by Gasteiger charge is -2.22. The molecule has 180 valence electrons. The number of hydrogen-bond acceptors (Lipinski definition) is 3. The summed E-state index contributed by atoms with van der Waals surface area (Å²) in [6, 6.07) is 24.1. The molecule has 0 bridgehead atoms. The van der Waals surface area contributed by atoms with E-state index in [1.54, 1.807) is 12.1 Å². The SMILES string of the molecule is C\C=C(/C=C\C=C\CC)C(OCc1ccc(C#N)cc1)c1ccc(C#N)c(-c2cccc(C)c2C)c1. The lowest BCUT2D eigenvalue weighted by Crippen LogP contribution is -2.08. The second-order valence-corrected chi connectivity index (χ2v) is 8.65. The molecule has 0 aliphatic carbocycles. The quantitative estimate of drug-likeness (QED) is 0.294. The molecule has 0 saturated heterocycles. The maximum atomic E-state index is 9.85. The Balaban J connectivity index is 2.06. The minimum Gasteiger partial charge on any atom is -0.364 e. The van der Waals surface area contributed by atoms with Gasteiger partial charge in [-0.1, -0.05) is 73.7 Å². The maximum absolute atomic E-state index is 9.85. The number of allylic oxidation sites excluding steroid dienone is 4. The Bertz CT molecular complexity index is 1360. The summed E-state index contributed by atoms with van der Waals surface area (Å²) in [6.07, 6.45) is 11.0. The van der Waals surface area contributed by atoms with E-state index >= 15 is 0 Å². The average Bonchev–Trinajstić information content (AvgIpc) is 2.91. The molecule has 3 nitrogen and oxygen atoms in total. The molecule has 0 radical (unpaired) electrons. The van der Waals surface area contributed by atoms with Crippen molar-refractivity contribution in [2.75, 3.05) is 0 Å². The molecular weight excluding hydrogens is 440 g/mol. The molecule has 0 aromatic heterocycles. The van der Waals surface area contributed by atoms with Gasteiger partial charge in [-0.2, -0.15) is 10.5 Å². The van der Waals surface area contributed by atoms with Crippen LogP contribution in [0.2, 0.25) is 0 Å². The molecule has 1 unspecified atom stereocenters. The van der Waals surface area contributed by atoms with Gasteiger partial charge in [0.2, 0.25) is 0 Å². The van der Waals surface area contributed by atoms with Crippen molar-refractivity contribution in [3.63, 3.8) is 0 Å². The highest BCUT2D eigenvalue weighted by Crippen LogP contribution is 2.35. The lowest BCUT2D eigenvalue weighted by atomic mass is 9.90. The van der Waals surface area contributed by atoms with Gasteiger partial charge in [0.15, 0.2) is 0 Å². The molecule has 0 saturated carbocycles. The van der Waals surface area contributed by atoms with E-state index in [0.29, 0.717) is 17.7 Å². The number of benzene rings is 3. The van der Waals surface area contributed by atoms with Gasteiger partial charge in [-0.3, -0.25) is 0 Å². The largest absolute Gasteiger partial charge is 0.364 e. The first-order chi connectivity index (χ1) is 17.5. The van der Waals surface area contributed by atoms with Crippen LogP contribution in [0.3, 0.4) is 0 Å². The summed E-state index contributed by atoms with van der Waals surface area (Å²) >= 11 is 0. The van der Waals surface area contributed by atoms with Crippen LogP contribution in [0.4, 0.5) is 0 Å². The third-order valence-electron chi connectivity index (χ3n) is 6.27. The number of nitriles is 2. The van der Waals surface area contributed by atoms with Gasteiger partial charge < -0.3 is 4.74 Å². The van der Waals surface area contributed by atoms with Crippen molar-refractivity contribution in [1.29, 1.82) is 10.5 Å². The van der Waals surface area contributed by atoms with Gasteiger partial charge in [0.25, 0.3) is 0 Å². The first kappa shape index (κ1) is 26.4. The maximum Gasteiger partial charge on any atom is 0.108 e. The van der Waals surface area contributed by atoms with E-state index in [1.807, 2.05) is 49.4 Å². The third kappa shape index (κ3) is 6.48. The van der Waals surface area contributed by atoms with Gasteiger partial charge in [0.1, 0.15) is 6.10 Å². The zero-order chi connectivity index (χ0) is 25.9. The van der Waals surface area contributed by atoms with Crippen molar-refractivity contribution in [3.05, 3.63) is 130 Å². The average molecular weight is 473 g/mol. The van der Waals surface area contributed by atoms with Gasteiger partial charge in [-0.05, 0) is 84.8 Å². The first-order valence-electron chi connectivity index (χ1n) is 12.2. The fraction of sp³-hybridized carbons (Fsp3) is 0.212. The number of aryl methyl sites for hydroxylation is 1. The molecule has 3 aromatic carbocycles. The summed E-state index contributed by atoms with van der Waals surface area (Å²) in [7, 11) is 0. The molecule has 0 heterocycles. The summed E-state index contributed by atoms with van der Waals surface area (Å²) in [6.45, 7) is 8.69. The van der Waals surface area contributed by atoms with E-state index in [0.717, 1.165) is 39.8 Å². The van der Waals surface area contributed by atoms with E-state index in [9.17, 15) is 5.26 Å². The fourth-order valence-corrected chi connectivity index (χ4v) is 4.04. The molecule has 36 heavy (non-hydrogen) atoms. The van der Waals surface area contributed by atoms with E-state index in [2.05, 4.69) is 69.3 Å². The Hall–Kier alpha value is -4.18. The highest BCUT2D eigenvalue weighted by molar-refractivity contribution is 5.75. The predicted molar refractivity (Wildman–Crippen MR) is 147 cm³/mol. The van der Waals surface area contributed by atoms with Gasteiger partial charge in [-0.25, -0.2) is 0 Å². The predicted octanol–water partition coefficient (Wildman–Crippen LogP) is 8.44. The van der Waals surface area contributed by atoms with Crippen molar-refractivity contribution >= 4 is 0 Å². The Kier molecular flexibility index (Phi) is 9.58. The number of rotatable bonds is 9. The summed E-state index contributed by atoms with van der Waals surface area (Å²) in [5, 5.41) is 18.9. The standard InChI is InChI=1S/C33H32N2O/c1-5-7-8-9-12-28(6-2)33(36-23-27-16-14-26(21-34)15-17-27)29-18-19-30(22-35)32(20-29)31-13-10-11-24(3)25(31)4/h6-20,33H,5,23H2,1-4H3/b8-7+,12-9-,28-6+. The molecule has 1 atom stereocenters. The monoisotopic (exact) mass is 472 g/mol. The minimum atomic E-state index is -0.325. The third-order valence-corrected chi connectivity index (χ3v) is 6.27. The molecule has 0 spiro atoms. The van der Waals surface area contributed by atoms with E-state index in [4.69, 9.17) is 10.00 Å². The number of ether oxygens (including phenoxy) is 1. The van der Waals surface area contributed by atoms with Crippen molar-refractivity contribution in [3.8, 4) is 23.3 Å². The van der Waals surface area contributed by atoms with Crippen LogP contribution in [0, 0.1) is 36.5 Å². The summed E-state index contributed by atoms with van der Waals surface area (Å²) < 4.78 is 6.51. The number of hydrogen-bond donors (Lipinski definition) is 0. The zero-order valence-electron chi connectivity index (χ0n) is 21.5. The Morgan fingerprint density at radius 1 is 0.944 bits per heavy atom. The zero-order valence-corrected chi connectivity index (χ0v) is 21.5. The van der Waals surface area contributed by atoms with E-state index in [-0.39, 0.29) is 6.10 Å². The minimum absolute atomic E-state index is 0.325. The van der Waals surface area contributed by atoms with Crippen molar-refractivity contribution in [2.24, 2.45) is 0 Å². The first-order valence-corrected chi connectivity index (χ1v) is 12.2. The highest BCUT2D eigenvalue weighted by atomic mass is 16.5. The highest BCUT2D eigenvalue weighted by Gasteiger charge is 2.19. The van der Waals surface area contributed by atoms with Crippen molar-refractivity contribution in [2.45, 2.75) is 46.8 Å². The Morgan fingerprint density at radius 2 is 1.72 bits per heavy atom. The topological polar surface area (TPSA) is 56.8 Å². The summed E-state index contributed by atoms with van der Waals surface area (Å²) in [4.78, 5) is 0. The molecule has 3 rings (SSSR count). The van der Waals surface area contributed by atoms with Crippen LogP contribution in [-0.4, -0.2) is 0 Å². The molecule has 3 aromatic rings. The molecule has 0 N–H and O–H groups in total. The second-order valence-electron chi connectivity index (χ2n) is 8.65. The summed E-state index contributed by atoms with van der Waals surface area (Å²) in [5.74, 6) is 0. The molecule has 3 heteroatoms. The Morgan fingerprint density at radius 3 is 2.39 bits per heavy atom. The second kappa shape index (κ2) is 13.1. The van der Waals surface area contributed by atoms with Crippen LogP contribution in [-0.2, 0) is 11.3 Å². The van der Waals surface area contributed by atoms with Crippen molar-refractivity contribution < 1.29 is 4.74 Å². The van der Waals surface area contributed by atoms with Gasteiger partial charge >= 0.3 is 0 Å². The van der Waals surface area contributed by atoms with E-state index < -0.39 is 0 Å². The molecule has 0 amide bonds. The van der Waals surface area contributed by atoms with Crippen LogP contribution >= 0.6 is 0 Å². The Labute approximate surface area is 215 Å². The van der Waals surface area contributed by atoms with Gasteiger partial charge in [0.05, 0.1) is 29.9 Å². The van der Waals surface area contributed by atoms with Crippen LogP contribution in [0.5, 0.6) is 0 Å². The smallest absolute Gasteiger partial charge is 0.108 e. The fourth-order valence-electron chi connectivity index (χ4n) is 4.04. The van der Waals surface area contributed by atoms with E-state index in [1.165, 1.54) is 5.56 Å². The van der Waals surface area contributed by atoms with Gasteiger partial charge in [-0.15, -0.1) is 0 Å². The normalized spacial score (nSPS) is 12.6. The van der Waals surface area contributed by atoms with Crippen molar-refractivity contribution in [1.82, 2.24) is 0 Å². The van der Waals surface area contributed by atoms with Crippen LogP contribution in [0.1, 0.15) is 59.8 Å². The molecule has 0 fully saturated rings.